The van der Waals surface area contributed by atoms with Gasteiger partial charge in [-0.1, -0.05) is 41.1 Å². The van der Waals surface area contributed by atoms with Crippen molar-refractivity contribution in [2.45, 2.75) is 26.3 Å². The van der Waals surface area contributed by atoms with Crippen LogP contribution in [0.25, 0.3) is 0 Å². The number of aryl methyl sites for hydroxylation is 1. The van der Waals surface area contributed by atoms with Crippen molar-refractivity contribution in [2.24, 2.45) is 0 Å². The number of halogens is 2. The first-order chi connectivity index (χ1) is 9.10. The first-order valence-electron chi connectivity index (χ1n) is 6.40. The third-order valence-corrected chi connectivity index (χ3v) is 3.67. The second kappa shape index (κ2) is 6.20. The molecule has 1 atom stereocenters. The summed E-state index contributed by atoms with van der Waals surface area (Å²) < 4.78 is 14.6. The minimum absolute atomic E-state index is 0.0689. The molecule has 19 heavy (non-hydrogen) atoms. The van der Waals surface area contributed by atoms with Gasteiger partial charge in [0.2, 0.25) is 0 Å². The van der Waals surface area contributed by atoms with Crippen molar-refractivity contribution in [3.05, 3.63) is 63.9 Å². The molecule has 1 N–H and O–H groups in total. The highest BCUT2D eigenvalue weighted by Crippen LogP contribution is 2.24. The minimum atomic E-state index is -0.195. The Morgan fingerprint density at radius 2 is 1.84 bits per heavy atom. The van der Waals surface area contributed by atoms with Crippen molar-refractivity contribution < 1.29 is 4.39 Å². The minimum Gasteiger partial charge on any atom is -0.378 e. The van der Waals surface area contributed by atoms with Crippen LogP contribution in [0.3, 0.4) is 0 Å². The van der Waals surface area contributed by atoms with Crippen LogP contribution in [0.2, 0.25) is 0 Å². The van der Waals surface area contributed by atoms with E-state index < -0.39 is 0 Å². The lowest BCUT2D eigenvalue weighted by atomic mass is 10.1. The molecule has 100 valence electrons. The summed E-state index contributed by atoms with van der Waals surface area (Å²) in [4.78, 5) is 0. The standard InChI is InChI=1S/C16H17BrFN/c1-3-12-4-7-14(8-5-12)19-11(2)15-9-6-13(17)10-16(15)18/h4-11,19H,3H2,1-2H3. The van der Waals surface area contributed by atoms with Gasteiger partial charge in [0.25, 0.3) is 0 Å². The van der Waals surface area contributed by atoms with Crippen LogP contribution in [-0.2, 0) is 6.42 Å². The van der Waals surface area contributed by atoms with Crippen molar-refractivity contribution in [2.75, 3.05) is 5.32 Å². The van der Waals surface area contributed by atoms with Gasteiger partial charge in [-0.25, -0.2) is 4.39 Å². The fourth-order valence-corrected chi connectivity index (χ4v) is 2.35. The molecule has 2 rings (SSSR count). The predicted octanol–water partition coefficient (Wildman–Crippen LogP) is 5.32. The number of benzene rings is 2. The highest BCUT2D eigenvalue weighted by Gasteiger charge is 2.10. The molecule has 0 spiro atoms. The molecule has 2 aromatic rings. The Kier molecular flexibility index (Phi) is 4.59. The highest BCUT2D eigenvalue weighted by atomic mass is 79.9. The van der Waals surface area contributed by atoms with Crippen molar-refractivity contribution in [1.82, 2.24) is 0 Å². The smallest absolute Gasteiger partial charge is 0.129 e. The zero-order valence-electron chi connectivity index (χ0n) is 11.1. The first kappa shape index (κ1) is 14.1. The van der Waals surface area contributed by atoms with Gasteiger partial charge in [-0.2, -0.15) is 0 Å². The van der Waals surface area contributed by atoms with E-state index in [0.29, 0.717) is 5.56 Å². The van der Waals surface area contributed by atoms with Gasteiger partial charge in [0.1, 0.15) is 5.82 Å². The average molecular weight is 322 g/mol. The molecule has 0 fully saturated rings. The summed E-state index contributed by atoms with van der Waals surface area (Å²) >= 11 is 3.27. The maximum absolute atomic E-state index is 13.9. The number of nitrogens with one attached hydrogen (secondary N) is 1. The third-order valence-electron chi connectivity index (χ3n) is 3.17. The molecule has 0 aromatic heterocycles. The van der Waals surface area contributed by atoms with E-state index in [2.05, 4.69) is 40.3 Å². The monoisotopic (exact) mass is 321 g/mol. The maximum Gasteiger partial charge on any atom is 0.129 e. The molecule has 1 nitrogen and oxygen atoms in total. The molecule has 3 heteroatoms. The Labute approximate surface area is 122 Å². The van der Waals surface area contributed by atoms with Crippen molar-refractivity contribution in [3.63, 3.8) is 0 Å². The summed E-state index contributed by atoms with van der Waals surface area (Å²) in [5.41, 5.74) is 2.97. The number of anilines is 1. The Morgan fingerprint density at radius 1 is 1.16 bits per heavy atom. The number of rotatable bonds is 4. The highest BCUT2D eigenvalue weighted by molar-refractivity contribution is 9.10. The number of hydrogen-bond donors (Lipinski definition) is 1. The Hall–Kier alpha value is -1.35. The van der Waals surface area contributed by atoms with Crippen LogP contribution >= 0.6 is 15.9 Å². The van der Waals surface area contributed by atoms with Gasteiger partial charge in [0, 0.05) is 15.7 Å². The summed E-state index contributed by atoms with van der Waals surface area (Å²) in [6, 6.07) is 13.3. The molecule has 1 unspecified atom stereocenters. The summed E-state index contributed by atoms with van der Waals surface area (Å²) in [6.07, 6.45) is 1.02. The lowest BCUT2D eigenvalue weighted by molar-refractivity contribution is 0.599. The molecule has 0 saturated heterocycles. The molecule has 0 amide bonds. The second-order valence-electron chi connectivity index (χ2n) is 4.58. The van der Waals surface area contributed by atoms with E-state index in [-0.39, 0.29) is 11.9 Å². The van der Waals surface area contributed by atoms with E-state index in [4.69, 9.17) is 0 Å². The van der Waals surface area contributed by atoms with Gasteiger partial charge in [-0.3, -0.25) is 0 Å². The van der Waals surface area contributed by atoms with Gasteiger partial charge in [0.15, 0.2) is 0 Å². The van der Waals surface area contributed by atoms with Gasteiger partial charge in [0.05, 0.1) is 6.04 Å². The Balaban J connectivity index is 2.13. The summed E-state index contributed by atoms with van der Waals surface area (Å²) in [6.45, 7) is 4.09. The van der Waals surface area contributed by atoms with Crippen molar-refractivity contribution in [1.29, 1.82) is 0 Å². The quantitative estimate of drug-likeness (QED) is 0.803. The third kappa shape index (κ3) is 3.57. The molecule has 0 aliphatic heterocycles. The molecule has 0 bridgehead atoms. The lowest BCUT2D eigenvalue weighted by Gasteiger charge is -2.17. The van der Waals surface area contributed by atoms with Crippen LogP contribution in [0.15, 0.2) is 46.9 Å². The Morgan fingerprint density at radius 3 is 2.42 bits per heavy atom. The lowest BCUT2D eigenvalue weighted by Crippen LogP contribution is -2.08. The largest absolute Gasteiger partial charge is 0.378 e. The predicted molar refractivity (Wildman–Crippen MR) is 82.0 cm³/mol. The summed E-state index contributed by atoms with van der Waals surface area (Å²) in [5, 5.41) is 3.31. The second-order valence-corrected chi connectivity index (χ2v) is 5.50. The van der Waals surface area contributed by atoms with E-state index in [1.165, 1.54) is 11.6 Å². The molecule has 0 aliphatic rings. The van der Waals surface area contributed by atoms with Crippen LogP contribution in [0, 0.1) is 5.82 Å². The fraction of sp³-hybridized carbons (Fsp3) is 0.250. The average Bonchev–Trinajstić information content (AvgIpc) is 2.39. The van der Waals surface area contributed by atoms with Gasteiger partial charge in [-0.05, 0) is 43.2 Å². The first-order valence-corrected chi connectivity index (χ1v) is 7.20. The topological polar surface area (TPSA) is 12.0 Å². The molecule has 0 radical (unpaired) electrons. The SMILES string of the molecule is CCc1ccc(NC(C)c2ccc(Br)cc2F)cc1. The van der Waals surface area contributed by atoms with Crippen LogP contribution in [0.5, 0.6) is 0 Å². The fourth-order valence-electron chi connectivity index (χ4n) is 2.02. The maximum atomic E-state index is 13.9. The van der Waals surface area contributed by atoms with Gasteiger partial charge in [-0.15, -0.1) is 0 Å². The van der Waals surface area contributed by atoms with Crippen molar-refractivity contribution in [3.8, 4) is 0 Å². The van der Waals surface area contributed by atoms with E-state index in [1.807, 2.05) is 25.1 Å². The number of hydrogen-bond acceptors (Lipinski definition) is 1. The van der Waals surface area contributed by atoms with E-state index >= 15 is 0 Å². The van der Waals surface area contributed by atoms with Crippen LogP contribution in [0.4, 0.5) is 10.1 Å². The zero-order valence-corrected chi connectivity index (χ0v) is 12.7. The zero-order chi connectivity index (χ0) is 13.8. The van der Waals surface area contributed by atoms with E-state index in [1.54, 1.807) is 6.07 Å². The van der Waals surface area contributed by atoms with Gasteiger partial charge < -0.3 is 5.32 Å². The Bertz CT molecular complexity index is 551. The van der Waals surface area contributed by atoms with E-state index in [9.17, 15) is 4.39 Å². The van der Waals surface area contributed by atoms with Crippen LogP contribution < -0.4 is 5.32 Å². The summed E-state index contributed by atoms with van der Waals surface area (Å²) in [5.74, 6) is -0.195. The van der Waals surface area contributed by atoms with Crippen LogP contribution in [0.1, 0.15) is 31.0 Å². The van der Waals surface area contributed by atoms with E-state index in [0.717, 1.165) is 16.6 Å². The molecular formula is C16H17BrFN. The van der Waals surface area contributed by atoms with Crippen molar-refractivity contribution >= 4 is 21.6 Å². The molecule has 0 aliphatic carbocycles. The normalized spacial score (nSPS) is 12.2. The molecule has 0 saturated carbocycles. The van der Waals surface area contributed by atoms with Gasteiger partial charge >= 0.3 is 0 Å². The van der Waals surface area contributed by atoms with Crippen LogP contribution in [-0.4, -0.2) is 0 Å². The molecular weight excluding hydrogens is 305 g/mol. The molecule has 0 heterocycles. The summed E-state index contributed by atoms with van der Waals surface area (Å²) in [7, 11) is 0. The molecule has 2 aromatic carbocycles.